The molecule has 0 aliphatic carbocycles. The zero-order valence-corrected chi connectivity index (χ0v) is 15.6. The molecule has 1 saturated heterocycles. The number of aromatic nitrogens is 2. The molecule has 0 spiro atoms. The predicted octanol–water partition coefficient (Wildman–Crippen LogP) is 2.96. The minimum absolute atomic E-state index is 0.107. The largest absolute Gasteiger partial charge is 0.508 e. The Kier molecular flexibility index (Phi) is 4.80. The van der Waals surface area contributed by atoms with Crippen LogP contribution in [0.1, 0.15) is 44.9 Å². The van der Waals surface area contributed by atoms with Gasteiger partial charge in [-0.2, -0.15) is 5.10 Å². The van der Waals surface area contributed by atoms with Gasteiger partial charge in [-0.3, -0.25) is 9.58 Å². The highest BCUT2D eigenvalue weighted by atomic mass is 16.4. The minimum atomic E-state index is -0.977. The Bertz CT molecular complexity index is 766. The molecule has 0 radical (unpaired) electrons. The van der Waals surface area contributed by atoms with Gasteiger partial charge in [-0.25, -0.2) is 4.79 Å². The molecular formula is C20H27N3O3. The highest BCUT2D eigenvalue weighted by Gasteiger charge is 2.44. The lowest BCUT2D eigenvalue weighted by Crippen LogP contribution is -2.51. The smallest absolute Gasteiger partial charge is 0.331 e. The van der Waals surface area contributed by atoms with Crippen LogP contribution in [0.4, 0.5) is 0 Å². The zero-order chi connectivity index (χ0) is 18.9. The van der Waals surface area contributed by atoms with Crippen molar-refractivity contribution in [2.24, 2.45) is 0 Å². The van der Waals surface area contributed by atoms with E-state index in [1.54, 1.807) is 16.8 Å². The Morgan fingerprint density at radius 2 is 1.77 bits per heavy atom. The standard InChI is InChI=1S/C20H27N3O3/c1-19(2,3)17-8-11-23(21-17)20(18(25)26)9-12-22(13-10-20)14-15-4-6-16(24)7-5-15/h4-8,11,24H,9-10,12-14H2,1-3H3,(H,25,26). The molecule has 1 fully saturated rings. The third-order valence-electron chi connectivity index (χ3n) is 5.22. The molecule has 1 aromatic carbocycles. The molecule has 0 amide bonds. The maximum atomic E-state index is 12.1. The highest BCUT2D eigenvalue weighted by molar-refractivity contribution is 5.76. The molecule has 140 valence electrons. The van der Waals surface area contributed by atoms with Crippen LogP contribution in [-0.2, 0) is 22.3 Å². The second-order valence-corrected chi connectivity index (χ2v) is 8.17. The second kappa shape index (κ2) is 6.76. The van der Waals surface area contributed by atoms with E-state index in [2.05, 4.69) is 30.8 Å². The Labute approximate surface area is 154 Å². The van der Waals surface area contributed by atoms with Crippen molar-refractivity contribution in [3.05, 3.63) is 47.8 Å². The molecule has 6 heteroatoms. The van der Waals surface area contributed by atoms with Crippen LogP contribution in [0, 0.1) is 0 Å². The van der Waals surface area contributed by atoms with Crippen LogP contribution >= 0.6 is 0 Å². The molecule has 6 nitrogen and oxygen atoms in total. The van der Waals surface area contributed by atoms with Crippen LogP contribution in [0.2, 0.25) is 0 Å². The van der Waals surface area contributed by atoms with E-state index in [1.165, 1.54) is 0 Å². The number of aliphatic carboxylic acids is 1. The molecule has 1 aliphatic heterocycles. The number of piperidine rings is 1. The summed E-state index contributed by atoms with van der Waals surface area (Å²) in [6.07, 6.45) is 2.85. The normalized spacial score (nSPS) is 18.0. The molecule has 0 atom stereocenters. The molecule has 2 heterocycles. The predicted molar refractivity (Wildman–Crippen MR) is 99.2 cm³/mol. The lowest BCUT2D eigenvalue weighted by molar-refractivity contribution is -0.151. The van der Waals surface area contributed by atoms with Gasteiger partial charge in [0, 0.05) is 31.2 Å². The first-order valence-electron chi connectivity index (χ1n) is 9.01. The number of carbonyl (C=O) groups is 1. The Hall–Kier alpha value is -2.34. The fourth-order valence-corrected chi connectivity index (χ4v) is 3.44. The van der Waals surface area contributed by atoms with Crippen molar-refractivity contribution < 1.29 is 15.0 Å². The van der Waals surface area contributed by atoms with Gasteiger partial charge < -0.3 is 10.2 Å². The van der Waals surface area contributed by atoms with Gasteiger partial charge in [0.15, 0.2) is 5.54 Å². The zero-order valence-electron chi connectivity index (χ0n) is 15.6. The lowest BCUT2D eigenvalue weighted by Gasteiger charge is -2.39. The van der Waals surface area contributed by atoms with E-state index in [0.29, 0.717) is 25.9 Å². The van der Waals surface area contributed by atoms with Gasteiger partial charge >= 0.3 is 5.97 Å². The molecule has 0 unspecified atom stereocenters. The maximum Gasteiger partial charge on any atom is 0.331 e. The quantitative estimate of drug-likeness (QED) is 0.879. The molecule has 1 aromatic heterocycles. The van der Waals surface area contributed by atoms with Gasteiger partial charge in [0.05, 0.1) is 5.69 Å². The molecule has 26 heavy (non-hydrogen) atoms. The monoisotopic (exact) mass is 357 g/mol. The van der Waals surface area contributed by atoms with Crippen LogP contribution < -0.4 is 0 Å². The van der Waals surface area contributed by atoms with Crippen molar-refractivity contribution in [2.75, 3.05) is 13.1 Å². The third kappa shape index (κ3) is 3.60. The molecule has 1 aliphatic rings. The summed E-state index contributed by atoms with van der Waals surface area (Å²) in [4.78, 5) is 14.4. The summed E-state index contributed by atoms with van der Waals surface area (Å²) in [7, 11) is 0. The van der Waals surface area contributed by atoms with Crippen molar-refractivity contribution in [2.45, 2.75) is 51.1 Å². The summed E-state index contributed by atoms with van der Waals surface area (Å²) in [5.74, 6) is -0.559. The summed E-state index contributed by atoms with van der Waals surface area (Å²) in [5, 5.41) is 23.9. The van der Waals surface area contributed by atoms with Crippen molar-refractivity contribution in [3.8, 4) is 5.75 Å². The second-order valence-electron chi connectivity index (χ2n) is 8.17. The number of carboxylic acid groups (broad SMARTS) is 1. The van der Waals surface area contributed by atoms with E-state index in [9.17, 15) is 15.0 Å². The van der Waals surface area contributed by atoms with Crippen LogP contribution in [0.25, 0.3) is 0 Å². The van der Waals surface area contributed by atoms with Gasteiger partial charge in [0.2, 0.25) is 0 Å². The molecule has 2 aromatic rings. The van der Waals surface area contributed by atoms with Crippen LogP contribution in [0.5, 0.6) is 5.75 Å². The fraction of sp³-hybridized carbons (Fsp3) is 0.500. The van der Waals surface area contributed by atoms with Crippen molar-refractivity contribution in [3.63, 3.8) is 0 Å². The Morgan fingerprint density at radius 1 is 1.15 bits per heavy atom. The number of benzene rings is 1. The van der Waals surface area contributed by atoms with Crippen molar-refractivity contribution in [1.29, 1.82) is 0 Å². The number of hydrogen-bond acceptors (Lipinski definition) is 4. The Balaban J connectivity index is 1.74. The number of rotatable bonds is 4. The first-order valence-corrected chi connectivity index (χ1v) is 9.01. The Morgan fingerprint density at radius 3 is 2.27 bits per heavy atom. The molecule has 0 bridgehead atoms. The number of hydrogen-bond donors (Lipinski definition) is 2. The summed E-state index contributed by atoms with van der Waals surface area (Å²) < 4.78 is 1.66. The third-order valence-corrected chi connectivity index (χ3v) is 5.22. The molecule has 2 N–H and O–H groups in total. The van der Waals surface area contributed by atoms with Crippen molar-refractivity contribution in [1.82, 2.24) is 14.7 Å². The summed E-state index contributed by atoms with van der Waals surface area (Å²) in [6.45, 7) is 8.37. The van der Waals surface area contributed by atoms with E-state index in [4.69, 9.17) is 0 Å². The van der Waals surface area contributed by atoms with E-state index < -0.39 is 11.5 Å². The van der Waals surface area contributed by atoms with Crippen LogP contribution in [-0.4, -0.2) is 44.0 Å². The number of likely N-dealkylation sites (tertiary alicyclic amines) is 1. The van der Waals surface area contributed by atoms with Gasteiger partial charge in [-0.15, -0.1) is 0 Å². The number of aromatic hydroxyl groups is 1. The van der Waals surface area contributed by atoms with Gasteiger partial charge in [0.1, 0.15) is 5.75 Å². The first-order chi connectivity index (χ1) is 12.2. The summed E-state index contributed by atoms with van der Waals surface area (Å²) >= 11 is 0. The van der Waals surface area contributed by atoms with Gasteiger partial charge in [0.25, 0.3) is 0 Å². The average Bonchev–Trinajstić information content (AvgIpc) is 3.08. The maximum absolute atomic E-state index is 12.1. The molecule has 0 saturated carbocycles. The van der Waals surface area contributed by atoms with E-state index in [-0.39, 0.29) is 11.2 Å². The van der Waals surface area contributed by atoms with E-state index >= 15 is 0 Å². The topological polar surface area (TPSA) is 78.6 Å². The number of carboxylic acids is 1. The van der Waals surface area contributed by atoms with E-state index in [0.717, 1.165) is 17.8 Å². The molecule has 3 rings (SSSR count). The number of phenols is 1. The van der Waals surface area contributed by atoms with Crippen molar-refractivity contribution >= 4 is 5.97 Å². The van der Waals surface area contributed by atoms with Crippen LogP contribution in [0.3, 0.4) is 0 Å². The number of phenolic OH excluding ortho intramolecular Hbond substituents is 1. The lowest BCUT2D eigenvalue weighted by atomic mass is 9.87. The minimum Gasteiger partial charge on any atom is -0.508 e. The van der Waals surface area contributed by atoms with Gasteiger partial charge in [-0.1, -0.05) is 32.9 Å². The summed E-state index contributed by atoms with van der Waals surface area (Å²) in [6, 6.07) is 9.08. The molecular weight excluding hydrogens is 330 g/mol. The first kappa shape index (κ1) is 18.5. The highest BCUT2D eigenvalue weighted by Crippen LogP contribution is 2.32. The van der Waals surface area contributed by atoms with E-state index in [1.807, 2.05) is 24.4 Å². The average molecular weight is 357 g/mol. The van der Waals surface area contributed by atoms with Crippen LogP contribution in [0.15, 0.2) is 36.5 Å². The summed E-state index contributed by atoms with van der Waals surface area (Å²) in [5.41, 5.74) is 0.934. The number of nitrogens with zero attached hydrogens (tertiary/aromatic N) is 3. The SMILES string of the molecule is CC(C)(C)c1ccn(C2(C(=O)O)CCN(Cc3ccc(O)cc3)CC2)n1. The van der Waals surface area contributed by atoms with Gasteiger partial charge in [-0.05, 0) is 36.6 Å². The fourth-order valence-electron chi connectivity index (χ4n) is 3.44.